The number of hydrogen-bond acceptors (Lipinski definition) is 3. The predicted molar refractivity (Wildman–Crippen MR) is 101 cm³/mol. The molecule has 1 saturated carbocycles. The highest BCUT2D eigenvalue weighted by Crippen LogP contribution is 2.18. The Bertz CT molecular complexity index is 659. The maximum Gasteiger partial charge on any atom is 0.254 e. The van der Waals surface area contributed by atoms with Gasteiger partial charge in [0.25, 0.3) is 5.91 Å². The van der Waals surface area contributed by atoms with E-state index < -0.39 is 0 Å². The van der Waals surface area contributed by atoms with Gasteiger partial charge < -0.3 is 16.0 Å². The maximum absolute atomic E-state index is 12.5. The van der Waals surface area contributed by atoms with Gasteiger partial charge in [-0.15, -0.1) is 0 Å². The Morgan fingerprint density at radius 2 is 1.96 bits per heavy atom. The minimum atomic E-state index is 0.159. The van der Waals surface area contributed by atoms with Crippen LogP contribution in [0, 0.1) is 18.8 Å². The van der Waals surface area contributed by atoms with Gasteiger partial charge in [0.1, 0.15) is 0 Å². The van der Waals surface area contributed by atoms with Gasteiger partial charge >= 0.3 is 0 Å². The van der Waals surface area contributed by atoms with Gasteiger partial charge in [-0.3, -0.25) is 4.79 Å². The average molecular weight is 339 g/mol. The number of nitrogens with two attached hydrogens (primary N) is 1. The second kappa shape index (κ2) is 8.51. The monoisotopic (exact) mass is 339 g/mol. The first-order valence-electron chi connectivity index (χ1n) is 9.51. The molecule has 1 aromatic rings. The summed E-state index contributed by atoms with van der Waals surface area (Å²) in [5.74, 6) is 6.57. The van der Waals surface area contributed by atoms with E-state index in [-0.39, 0.29) is 5.91 Å². The van der Waals surface area contributed by atoms with Crippen LogP contribution in [0.3, 0.4) is 0 Å². The first-order valence-corrected chi connectivity index (χ1v) is 9.51. The van der Waals surface area contributed by atoms with Crippen molar-refractivity contribution in [2.24, 2.45) is 5.73 Å². The quantitative estimate of drug-likeness (QED) is 0.832. The molecule has 2 aliphatic rings. The molecule has 1 amide bonds. The minimum Gasteiger partial charge on any atom is -0.339 e. The molecule has 134 valence electrons. The Kier molecular flexibility index (Phi) is 6.12. The molecule has 3 rings (SSSR count). The van der Waals surface area contributed by atoms with Gasteiger partial charge in [-0.05, 0) is 69.2 Å². The molecule has 0 atom stereocenters. The fourth-order valence-corrected chi connectivity index (χ4v) is 3.74. The van der Waals surface area contributed by atoms with E-state index in [9.17, 15) is 4.79 Å². The molecular weight excluding hydrogens is 310 g/mol. The topological polar surface area (TPSA) is 58.4 Å². The van der Waals surface area contributed by atoms with Crippen molar-refractivity contribution in [1.82, 2.24) is 10.2 Å². The molecule has 0 aromatic heterocycles. The third-order valence-electron chi connectivity index (χ3n) is 5.33. The van der Waals surface area contributed by atoms with Crippen LogP contribution in [0.15, 0.2) is 18.2 Å². The molecule has 0 radical (unpaired) electrons. The molecule has 2 fully saturated rings. The smallest absolute Gasteiger partial charge is 0.254 e. The minimum absolute atomic E-state index is 0.159. The van der Waals surface area contributed by atoms with Crippen molar-refractivity contribution >= 4 is 5.91 Å². The molecule has 1 heterocycles. The van der Waals surface area contributed by atoms with E-state index in [0.717, 1.165) is 68.3 Å². The van der Waals surface area contributed by atoms with Crippen LogP contribution in [-0.4, -0.2) is 42.5 Å². The second-order valence-corrected chi connectivity index (χ2v) is 7.32. The van der Waals surface area contributed by atoms with Gasteiger partial charge in [0.15, 0.2) is 0 Å². The Labute approximate surface area is 151 Å². The molecule has 1 saturated heterocycles. The largest absolute Gasteiger partial charge is 0.339 e. The number of carbonyl (C=O) groups excluding carboxylic acids is 1. The molecule has 4 nitrogen and oxygen atoms in total. The van der Waals surface area contributed by atoms with Crippen molar-refractivity contribution in [3.05, 3.63) is 34.9 Å². The summed E-state index contributed by atoms with van der Waals surface area (Å²) < 4.78 is 0. The summed E-state index contributed by atoms with van der Waals surface area (Å²) in [6.07, 6.45) is 6.75. The number of aryl methyl sites for hydroxylation is 1. The third-order valence-corrected chi connectivity index (χ3v) is 5.33. The van der Waals surface area contributed by atoms with Crippen LogP contribution in [-0.2, 0) is 0 Å². The number of nitrogens with one attached hydrogen (secondary N) is 1. The molecular formula is C21H29N3O. The van der Waals surface area contributed by atoms with Gasteiger partial charge in [0, 0.05) is 36.3 Å². The lowest BCUT2D eigenvalue weighted by atomic mass is 9.92. The predicted octanol–water partition coefficient (Wildman–Crippen LogP) is 2.44. The lowest BCUT2D eigenvalue weighted by molar-refractivity contribution is 0.0792. The maximum atomic E-state index is 12.5. The summed E-state index contributed by atoms with van der Waals surface area (Å²) in [6.45, 7) is 4.47. The fourth-order valence-electron chi connectivity index (χ4n) is 3.74. The summed E-state index contributed by atoms with van der Waals surface area (Å²) in [6, 6.07) is 6.85. The number of benzene rings is 1. The second-order valence-electron chi connectivity index (χ2n) is 7.32. The Morgan fingerprint density at radius 3 is 2.64 bits per heavy atom. The third kappa shape index (κ3) is 4.84. The van der Waals surface area contributed by atoms with Gasteiger partial charge in [0.05, 0.1) is 6.54 Å². The number of carbonyl (C=O) groups is 1. The number of nitrogens with zero attached hydrogens (tertiary/aromatic N) is 1. The van der Waals surface area contributed by atoms with Crippen LogP contribution in [0.1, 0.15) is 60.0 Å². The highest BCUT2D eigenvalue weighted by Gasteiger charge is 2.20. The molecule has 0 spiro atoms. The van der Waals surface area contributed by atoms with Crippen LogP contribution in [0.2, 0.25) is 0 Å². The first-order chi connectivity index (χ1) is 12.1. The molecule has 3 N–H and O–H groups in total. The molecule has 0 bridgehead atoms. The zero-order chi connectivity index (χ0) is 17.6. The summed E-state index contributed by atoms with van der Waals surface area (Å²) in [5.41, 5.74) is 8.73. The van der Waals surface area contributed by atoms with Crippen LogP contribution in [0.5, 0.6) is 0 Å². The van der Waals surface area contributed by atoms with Crippen molar-refractivity contribution in [3.8, 4) is 11.8 Å². The lowest BCUT2D eigenvalue weighted by Gasteiger charge is -2.26. The SMILES string of the molecule is Cc1cc(C#CCNC2CCC(N)CC2)ccc1C(=O)N1CCCC1. The summed E-state index contributed by atoms with van der Waals surface area (Å²) in [5, 5.41) is 3.50. The number of hydrogen-bond donors (Lipinski definition) is 2. The lowest BCUT2D eigenvalue weighted by Crippen LogP contribution is -2.37. The van der Waals surface area contributed by atoms with Crippen LogP contribution >= 0.6 is 0 Å². The average Bonchev–Trinajstić information content (AvgIpc) is 3.14. The molecule has 4 heteroatoms. The molecule has 25 heavy (non-hydrogen) atoms. The van der Waals surface area contributed by atoms with E-state index in [1.54, 1.807) is 0 Å². The van der Waals surface area contributed by atoms with Crippen molar-refractivity contribution < 1.29 is 4.79 Å². The summed E-state index contributed by atoms with van der Waals surface area (Å²) >= 11 is 0. The number of amides is 1. The van der Waals surface area contributed by atoms with Crippen LogP contribution < -0.4 is 11.1 Å². The van der Waals surface area contributed by atoms with Crippen molar-refractivity contribution in [1.29, 1.82) is 0 Å². The van der Waals surface area contributed by atoms with Gasteiger partial charge in [0.2, 0.25) is 0 Å². The molecule has 0 unspecified atom stereocenters. The van der Waals surface area contributed by atoms with Crippen molar-refractivity contribution in [3.63, 3.8) is 0 Å². The van der Waals surface area contributed by atoms with Crippen molar-refractivity contribution in [2.75, 3.05) is 19.6 Å². The molecule has 1 aliphatic carbocycles. The summed E-state index contributed by atoms with van der Waals surface area (Å²) in [4.78, 5) is 14.5. The van der Waals surface area contributed by atoms with E-state index in [0.29, 0.717) is 18.6 Å². The van der Waals surface area contributed by atoms with E-state index in [2.05, 4.69) is 17.2 Å². The van der Waals surface area contributed by atoms with E-state index in [1.165, 1.54) is 0 Å². The Balaban J connectivity index is 1.53. The Morgan fingerprint density at radius 1 is 1.24 bits per heavy atom. The Hall–Kier alpha value is -1.83. The van der Waals surface area contributed by atoms with E-state index in [1.807, 2.05) is 30.0 Å². The number of rotatable bonds is 3. The van der Waals surface area contributed by atoms with Crippen LogP contribution in [0.25, 0.3) is 0 Å². The normalized spacial score (nSPS) is 23.2. The van der Waals surface area contributed by atoms with Gasteiger partial charge in [-0.25, -0.2) is 0 Å². The van der Waals surface area contributed by atoms with E-state index in [4.69, 9.17) is 5.73 Å². The highest BCUT2D eigenvalue weighted by atomic mass is 16.2. The van der Waals surface area contributed by atoms with Gasteiger partial charge in [-0.1, -0.05) is 11.8 Å². The van der Waals surface area contributed by atoms with Gasteiger partial charge in [-0.2, -0.15) is 0 Å². The first kappa shape index (κ1) is 18.0. The standard InChI is InChI=1S/C21H29N3O/c1-16-15-17(5-4-12-23-19-9-7-18(22)8-10-19)6-11-20(16)21(25)24-13-2-3-14-24/h6,11,15,18-19,23H,2-3,7-10,12-14,22H2,1H3. The fraction of sp³-hybridized carbons (Fsp3) is 0.571. The highest BCUT2D eigenvalue weighted by molar-refractivity contribution is 5.96. The zero-order valence-corrected chi connectivity index (χ0v) is 15.2. The zero-order valence-electron chi connectivity index (χ0n) is 15.2. The number of likely N-dealkylation sites (tertiary alicyclic amines) is 1. The van der Waals surface area contributed by atoms with Crippen LogP contribution in [0.4, 0.5) is 0 Å². The molecule has 1 aromatic carbocycles. The summed E-state index contributed by atoms with van der Waals surface area (Å²) in [7, 11) is 0. The van der Waals surface area contributed by atoms with E-state index >= 15 is 0 Å². The molecule has 1 aliphatic heterocycles. The van der Waals surface area contributed by atoms with Crippen molar-refractivity contribution in [2.45, 2.75) is 57.5 Å².